The molecule has 0 radical (unpaired) electrons. The van der Waals surface area contributed by atoms with Crippen LogP contribution in [0.15, 0.2) is 24.4 Å². The molecule has 0 saturated heterocycles. The van der Waals surface area contributed by atoms with E-state index in [1.165, 1.54) is 10.9 Å². The summed E-state index contributed by atoms with van der Waals surface area (Å²) in [5.41, 5.74) is 3.50. The number of fused-ring (bicyclic) bond motifs is 1. The van der Waals surface area contributed by atoms with Gasteiger partial charge in [-0.1, -0.05) is 32.4 Å². The Bertz CT molecular complexity index is 613. The topological polar surface area (TPSA) is 42.2 Å². The SMILES string of the molecule is CCCC(CC)c1cn(CC(=O)O)c2cc(C)ccc12. The van der Waals surface area contributed by atoms with Gasteiger partial charge in [-0.3, -0.25) is 4.79 Å². The smallest absolute Gasteiger partial charge is 0.323 e. The highest BCUT2D eigenvalue weighted by atomic mass is 16.4. The first-order chi connectivity index (χ1) is 9.56. The van der Waals surface area contributed by atoms with E-state index < -0.39 is 5.97 Å². The summed E-state index contributed by atoms with van der Waals surface area (Å²) in [4.78, 5) is 11.1. The van der Waals surface area contributed by atoms with Crippen LogP contribution in [-0.2, 0) is 11.3 Å². The maximum absolute atomic E-state index is 11.1. The fraction of sp³-hybridized carbons (Fsp3) is 0.471. The lowest BCUT2D eigenvalue weighted by molar-refractivity contribution is -0.137. The quantitative estimate of drug-likeness (QED) is 0.851. The fourth-order valence-corrected chi connectivity index (χ4v) is 2.96. The van der Waals surface area contributed by atoms with Crippen LogP contribution in [0.5, 0.6) is 0 Å². The largest absolute Gasteiger partial charge is 0.480 e. The standard InChI is InChI=1S/C17H23NO2/c1-4-6-13(5-2)15-10-18(11-17(19)20)16-9-12(3)7-8-14(15)16/h7-10,13H,4-6,11H2,1-3H3,(H,19,20). The number of aliphatic carboxylic acids is 1. The van der Waals surface area contributed by atoms with Gasteiger partial charge >= 0.3 is 5.97 Å². The fourth-order valence-electron chi connectivity index (χ4n) is 2.96. The Morgan fingerprint density at radius 1 is 1.35 bits per heavy atom. The maximum atomic E-state index is 11.1. The third-order valence-corrected chi connectivity index (χ3v) is 3.94. The van der Waals surface area contributed by atoms with Crippen molar-refractivity contribution in [3.63, 3.8) is 0 Å². The number of hydrogen-bond donors (Lipinski definition) is 1. The number of benzene rings is 1. The molecule has 108 valence electrons. The van der Waals surface area contributed by atoms with Gasteiger partial charge in [-0.2, -0.15) is 0 Å². The third-order valence-electron chi connectivity index (χ3n) is 3.94. The van der Waals surface area contributed by atoms with Crippen LogP contribution in [0.4, 0.5) is 0 Å². The molecule has 1 heterocycles. The minimum Gasteiger partial charge on any atom is -0.480 e. The normalized spacial score (nSPS) is 12.8. The lowest BCUT2D eigenvalue weighted by atomic mass is 9.92. The molecule has 20 heavy (non-hydrogen) atoms. The molecule has 1 atom stereocenters. The number of carboxylic acids is 1. The van der Waals surface area contributed by atoms with Gasteiger partial charge in [-0.25, -0.2) is 0 Å². The number of hydrogen-bond acceptors (Lipinski definition) is 1. The summed E-state index contributed by atoms with van der Waals surface area (Å²) in [6, 6.07) is 6.33. The Labute approximate surface area is 120 Å². The zero-order valence-corrected chi connectivity index (χ0v) is 12.5. The van der Waals surface area contributed by atoms with Crippen molar-refractivity contribution < 1.29 is 9.90 Å². The van der Waals surface area contributed by atoms with E-state index in [4.69, 9.17) is 5.11 Å². The Balaban J connectivity index is 2.57. The summed E-state index contributed by atoms with van der Waals surface area (Å²) >= 11 is 0. The Morgan fingerprint density at radius 2 is 2.10 bits per heavy atom. The molecule has 1 aromatic carbocycles. The van der Waals surface area contributed by atoms with E-state index >= 15 is 0 Å². The van der Waals surface area contributed by atoms with Gasteiger partial charge in [-0.05, 0) is 42.9 Å². The van der Waals surface area contributed by atoms with Crippen molar-refractivity contribution in [2.45, 2.75) is 52.5 Å². The van der Waals surface area contributed by atoms with Crippen LogP contribution < -0.4 is 0 Å². The van der Waals surface area contributed by atoms with E-state index in [0.29, 0.717) is 5.92 Å². The molecule has 0 aliphatic heterocycles. The van der Waals surface area contributed by atoms with E-state index in [1.54, 1.807) is 0 Å². The summed E-state index contributed by atoms with van der Waals surface area (Å²) in [6.07, 6.45) is 5.43. The van der Waals surface area contributed by atoms with Crippen LogP contribution in [-0.4, -0.2) is 15.6 Å². The predicted molar refractivity (Wildman–Crippen MR) is 82.3 cm³/mol. The third kappa shape index (κ3) is 2.87. The summed E-state index contributed by atoms with van der Waals surface area (Å²) in [5.74, 6) is -0.279. The number of nitrogens with zero attached hydrogens (tertiary/aromatic N) is 1. The molecule has 0 fully saturated rings. The summed E-state index contributed by atoms with van der Waals surface area (Å²) < 4.78 is 1.87. The van der Waals surface area contributed by atoms with Gasteiger partial charge in [0.05, 0.1) is 0 Å². The zero-order chi connectivity index (χ0) is 14.7. The van der Waals surface area contributed by atoms with Crippen molar-refractivity contribution in [3.8, 4) is 0 Å². The molecule has 2 rings (SSSR count). The number of aromatic nitrogens is 1. The second-order valence-electron chi connectivity index (χ2n) is 5.52. The second-order valence-corrected chi connectivity index (χ2v) is 5.52. The van der Waals surface area contributed by atoms with Crippen molar-refractivity contribution in [1.82, 2.24) is 4.57 Å². The Kier molecular flexibility index (Phi) is 4.48. The molecule has 0 spiro atoms. The minimum absolute atomic E-state index is 0.0303. The highest BCUT2D eigenvalue weighted by Gasteiger charge is 2.17. The summed E-state index contributed by atoms with van der Waals surface area (Å²) in [7, 11) is 0. The van der Waals surface area contributed by atoms with Gasteiger partial charge < -0.3 is 9.67 Å². The molecule has 0 saturated carbocycles. The van der Waals surface area contributed by atoms with Gasteiger partial charge in [0.25, 0.3) is 0 Å². The van der Waals surface area contributed by atoms with Gasteiger partial charge in [-0.15, -0.1) is 0 Å². The van der Waals surface area contributed by atoms with Gasteiger partial charge in [0.1, 0.15) is 6.54 Å². The van der Waals surface area contributed by atoms with E-state index in [9.17, 15) is 4.79 Å². The molecular formula is C17H23NO2. The molecule has 1 N–H and O–H groups in total. The second kappa shape index (κ2) is 6.12. The van der Waals surface area contributed by atoms with Crippen molar-refractivity contribution in [3.05, 3.63) is 35.5 Å². The zero-order valence-electron chi connectivity index (χ0n) is 12.5. The van der Waals surface area contributed by atoms with Gasteiger partial charge in [0, 0.05) is 17.1 Å². The van der Waals surface area contributed by atoms with Crippen LogP contribution in [0, 0.1) is 6.92 Å². The van der Waals surface area contributed by atoms with E-state index in [2.05, 4.69) is 32.0 Å². The number of aryl methyl sites for hydroxylation is 1. The molecule has 0 amide bonds. The lowest BCUT2D eigenvalue weighted by Gasteiger charge is -2.12. The first-order valence-electron chi connectivity index (χ1n) is 7.38. The first-order valence-corrected chi connectivity index (χ1v) is 7.38. The van der Waals surface area contributed by atoms with Crippen LogP contribution in [0.25, 0.3) is 10.9 Å². The summed E-state index contributed by atoms with van der Waals surface area (Å²) in [6.45, 7) is 6.47. The Hall–Kier alpha value is -1.77. The van der Waals surface area contributed by atoms with Crippen molar-refractivity contribution in [1.29, 1.82) is 0 Å². The van der Waals surface area contributed by atoms with Crippen LogP contribution >= 0.6 is 0 Å². The molecule has 1 aromatic heterocycles. The average Bonchev–Trinajstić information content (AvgIpc) is 2.73. The van der Waals surface area contributed by atoms with E-state index in [-0.39, 0.29) is 6.54 Å². The number of rotatable bonds is 6. The maximum Gasteiger partial charge on any atom is 0.323 e. The molecule has 3 heteroatoms. The van der Waals surface area contributed by atoms with Crippen molar-refractivity contribution >= 4 is 16.9 Å². The summed E-state index contributed by atoms with van der Waals surface area (Å²) in [5, 5.41) is 10.3. The minimum atomic E-state index is -0.793. The molecule has 0 aliphatic rings. The predicted octanol–water partition coefficient (Wildman–Crippen LogP) is 4.33. The van der Waals surface area contributed by atoms with E-state index in [0.717, 1.165) is 30.3 Å². The molecule has 0 bridgehead atoms. The number of carboxylic acid groups (broad SMARTS) is 1. The van der Waals surface area contributed by atoms with Crippen LogP contribution in [0.3, 0.4) is 0 Å². The van der Waals surface area contributed by atoms with E-state index in [1.807, 2.05) is 17.7 Å². The number of carbonyl (C=O) groups is 1. The van der Waals surface area contributed by atoms with Crippen LogP contribution in [0.1, 0.15) is 50.2 Å². The highest BCUT2D eigenvalue weighted by molar-refractivity contribution is 5.86. The molecule has 3 nitrogen and oxygen atoms in total. The molecular weight excluding hydrogens is 250 g/mol. The molecule has 1 unspecified atom stereocenters. The lowest BCUT2D eigenvalue weighted by Crippen LogP contribution is -2.07. The van der Waals surface area contributed by atoms with Crippen molar-refractivity contribution in [2.75, 3.05) is 0 Å². The van der Waals surface area contributed by atoms with Gasteiger partial charge in [0.15, 0.2) is 0 Å². The first kappa shape index (κ1) is 14.6. The van der Waals surface area contributed by atoms with Crippen molar-refractivity contribution in [2.24, 2.45) is 0 Å². The average molecular weight is 273 g/mol. The van der Waals surface area contributed by atoms with Crippen LogP contribution in [0.2, 0.25) is 0 Å². The molecule has 2 aromatic rings. The Morgan fingerprint density at radius 3 is 2.70 bits per heavy atom. The van der Waals surface area contributed by atoms with Gasteiger partial charge in [0.2, 0.25) is 0 Å². The highest BCUT2D eigenvalue weighted by Crippen LogP contribution is 2.33. The molecule has 0 aliphatic carbocycles. The monoisotopic (exact) mass is 273 g/mol.